The zero-order chi connectivity index (χ0) is 15.0. The number of rotatable bonds is 3. The quantitative estimate of drug-likeness (QED) is 0.836. The molecular formula is C14H22N4O2S. The van der Waals surface area contributed by atoms with Crippen LogP contribution < -0.4 is 4.90 Å². The van der Waals surface area contributed by atoms with Gasteiger partial charge in [-0.3, -0.25) is 0 Å². The summed E-state index contributed by atoms with van der Waals surface area (Å²) >= 11 is 0. The largest absolute Gasteiger partial charge is 0.339 e. The first kappa shape index (κ1) is 14.7. The van der Waals surface area contributed by atoms with Crippen molar-refractivity contribution in [2.24, 2.45) is 0 Å². The summed E-state index contributed by atoms with van der Waals surface area (Å²) in [6, 6.07) is 1.95. The van der Waals surface area contributed by atoms with Gasteiger partial charge >= 0.3 is 0 Å². The lowest BCUT2D eigenvalue weighted by Gasteiger charge is -2.22. The van der Waals surface area contributed by atoms with E-state index in [1.54, 1.807) is 4.31 Å². The van der Waals surface area contributed by atoms with Gasteiger partial charge in [0, 0.05) is 37.6 Å². The molecule has 0 N–H and O–H groups in total. The van der Waals surface area contributed by atoms with E-state index in [1.807, 2.05) is 19.9 Å². The van der Waals surface area contributed by atoms with Crippen LogP contribution in [0.4, 0.5) is 5.95 Å². The van der Waals surface area contributed by atoms with Crippen molar-refractivity contribution in [1.29, 1.82) is 0 Å². The molecule has 2 fully saturated rings. The lowest BCUT2D eigenvalue weighted by atomic mass is 10.3. The molecule has 1 aromatic rings. The first-order valence-electron chi connectivity index (χ1n) is 7.53. The summed E-state index contributed by atoms with van der Waals surface area (Å²) in [5.41, 5.74) is 1.90. The molecule has 1 aliphatic heterocycles. The van der Waals surface area contributed by atoms with Gasteiger partial charge in [0.2, 0.25) is 16.0 Å². The van der Waals surface area contributed by atoms with Gasteiger partial charge in [0.15, 0.2) is 0 Å². The zero-order valence-corrected chi connectivity index (χ0v) is 13.4. The van der Waals surface area contributed by atoms with E-state index in [0.717, 1.165) is 43.1 Å². The summed E-state index contributed by atoms with van der Waals surface area (Å²) in [5, 5.41) is -0.124. The van der Waals surface area contributed by atoms with E-state index < -0.39 is 10.0 Å². The van der Waals surface area contributed by atoms with E-state index in [9.17, 15) is 8.42 Å². The molecule has 1 aromatic heterocycles. The van der Waals surface area contributed by atoms with Crippen LogP contribution in [0.3, 0.4) is 0 Å². The van der Waals surface area contributed by atoms with Crippen LogP contribution in [0.25, 0.3) is 0 Å². The van der Waals surface area contributed by atoms with Gasteiger partial charge in [-0.25, -0.2) is 18.4 Å². The number of aromatic nitrogens is 2. The number of sulfonamides is 1. The highest BCUT2D eigenvalue weighted by atomic mass is 32.2. The van der Waals surface area contributed by atoms with Gasteiger partial charge in [-0.05, 0) is 39.2 Å². The molecule has 3 rings (SSSR count). The second-order valence-electron chi connectivity index (χ2n) is 5.93. The predicted molar refractivity (Wildman–Crippen MR) is 81.9 cm³/mol. The molecule has 2 aliphatic rings. The molecular weight excluding hydrogens is 288 g/mol. The Morgan fingerprint density at radius 1 is 1.05 bits per heavy atom. The van der Waals surface area contributed by atoms with E-state index in [2.05, 4.69) is 14.9 Å². The topological polar surface area (TPSA) is 66.4 Å². The highest BCUT2D eigenvalue weighted by Gasteiger charge is 2.40. The normalized spacial score (nSPS) is 21.3. The Morgan fingerprint density at radius 2 is 1.71 bits per heavy atom. The second kappa shape index (κ2) is 5.53. The van der Waals surface area contributed by atoms with E-state index in [4.69, 9.17) is 0 Å². The molecule has 0 unspecified atom stereocenters. The molecule has 1 saturated carbocycles. The Bertz CT molecular complexity index is 608. The summed E-state index contributed by atoms with van der Waals surface area (Å²) in [6.07, 6.45) is 2.47. The van der Waals surface area contributed by atoms with Crippen molar-refractivity contribution in [1.82, 2.24) is 14.3 Å². The third kappa shape index (κ3) is 3.18. The van der Waals surface area contributed by atoms with E-state index in [0.29, 0.717) is 19.6 Å². The third-order valence-corrected chi connectivity index (χ3v) is 6.41. The summed E-state index contributed by atoms with van der Waals surface area (Å²) in [4.78, 5) is 11.1. The molecule has 6 nitrogen and oxygen atoms in total. The number of hydrogen-bond acceptors (Lipinski definition) is 5. The molecule has 0 aromatic carbocycles. The molecule has 1 saturated heterocycles. The van der Waals surface area contributed by atoms with Crippen molar-refractivity contribution in [3.8, 4) is 0 Å². The second-order valence-corrected chi connectivity index (χ2v) is 8.15. The fourth-order valence-corrected chi connectivity index (χ4v) is 4.65. The highest BCUT2D eigenvalue weighted by Crippen LogP contribution is 2.31. The highest BCUT2D eigenvalue weighted by molar-refractivity contribution is 7.90. The fourth-order valence-electron chi connectivity index (χ4n) is 2.77. The third-order valence-electron chi connectivity index (χ3n) is 4.01. The van der Waals surface area contributed by atoms with Crippen molar-refractivity contribution in [3.63, 3.8) is 0 Å². The van der Waals surface area contributed by atoms with Crippen LogP contribution in [0.15, 0.2) is 6.07 Å². The smallest absolute Gasteiger partial charge is 0.225 e. The van der Waals surface area contributed by atoms with Gasteiger partial charge in [-0.1, -0.05) is 0 Å². The molecule has 116 valence electrons. The zero-order valence-electron chi connectivity index (χ0n) is 12.6. The van der Waals surface area contributed by atoms with Crippen LogP contribution in [0.2, 0.25) is 0 Å². The van der Waals surface area contributed by atoms with Crippen molar-refractivity contribution in [3.05, 3.63) is 17.5 Å². The molecule has 1 aliphatic carbocycles. The molecule has 2 heterocycles. The molecule has 0 bridgehead atoms. The van der Waals surface area contributed by atoms with Crippen LogP contribution in [0.1, 0.15) is 30.7 Å². The van der Waals surface area contributed by atoms with Crippen molar-refractivity contribution < 1.29 is 8.42 Å². The number of anilines is 1. The standard InChI is InChI=1S/C14H22N4O2S/c1-11-10-12(2)16-14(15-11)17-6-3-7-18(9-8-17)21(19,20)13-4-5-13/h10,13H,3-9H2,1-2H3. The van der Waals surface area contributed by atoms with Gasteiger partial charge < -0.3 is 4.90 Å². The van der Waals surface area contributed by atoms with Crippen LogP contribution >= 0.6 is 0 Å². The van der Waals surface area contributed by atoms with Crippen molar-refractivity contribution in [2.45, 2.75) is 38.4 Å². The SMILES string of the molecule is Cc1cc(C)nc(N2CCCN(S(=O)(=O)C3CC3)CC2)n1. The Morgan fingerprint density at radius 3 is 2.33 bits per heavy atom. The summed E-state index contributed by atoms with van der Waals surface area (Å²) in [7, 11) is -3.07. The van der Waals surface area contributed by atoms with Gasteiger partial charge in [-0.15, -0.1) is 0 Å². The molecule has 21 heavy (non-hydrogen) atoms. The average molecular weight is 310 g/mol. The Kier molecular flexibility index (Phi) is 3.88. The first-order valence-corrected chi connectivity index (χ1v) is 9.03. The lowest BCUT2D eigenvalue weighted by molar-refractivity contribution is 0.432. The van der Waals surface area contributed by atoms with Crippen molar-refractivity contribution >= 4 is 16.0 Å². The maximum Gasteiger partial charge on any atom is 0.225 e. The number of hydrogen-bond donors (Lipinski definition) is 0. The van der Waals surface area contributed by atoms with Crippen LogP contribution in [-0.2, 0) is 10.0 Å². The molecule has 7 heteroatoms. The number of aryl methyl sites for hydroxylation is 2. The van der Waals surface area contributed by atoms with E-state index >= 15 is 0 Å². The Hall–Kier alpha value is -1.21. The van der Waals surface area contributed by atoms with E-state index in [1.165, 1.54) is 0 Å². The van der Waals surface area contributed by atoms with Gasteiger partial charge in [0.1, 0.15) is 0 Å². The predicted octanol–water partition coefficient (Wildman–Crippen LogP) is 1.10. The minimum absolute atomic E-state index is 0.124. The van der Waals surface area contributed by atoms with Gasteiger partial charge in [0.25, 0.3) is 0 Å². The summed E-state index contributed by atoms with van der Waals surface area (Å²) < 4.78 is 26.3. The van der Waals surface area contributed by atoms with Crippen molar-refractivity contribution in [2.75, 3.05) is 31.1 Å². The lowest BCUT2D eigenvalue weighted by Crippen LogP contribution is -2.37. The summed E-state index contributed by atoms with van der Waals surface area (Å²) in [6.45, 7) is 6.53. The van der Waals surface area contributed by atoms with Crippen LogP contribution in [0, 0.1) is 13.8 Å². The summed E-state index contributed by atoms with van der Waals surface area (Å²) in [5.74, 6) is 0.721. The van der Waals surface area contributed by atoms with Gasteiger partial charge in [-0.2, -0.15) is 4.31 Å². The first-order chi connectivity index (χ1) is 9.96. The van der Waals surface area contributed by atoms with Crippen LogP contribution in [-0.4, -0.2) is 54.1 Å². The minimum Gasteiger partial charge on any atom is -0.339 e. The average Bonchev–Trinajstić information content (AvgIpc) is 3.24. The van der Waals surface area contributed by atoms with Crippen LogP contribution in [0.5, 0.6) is 0 Å². The number of nitrogens with zero attached hydrogens (tertiary/aromatic N) is 4. The van der Waals surface area contributed by atoms with E-state index in [-0.39, 0.29) is 5.25 Å². The maximum atomic E-state index is 12.3. The molecule has 0 radical (unpaired) electrons. The van der Waals surface area contributed by atoms with Gasteiger partial charge in [0.05, 0.1) is 5.25 Å². The maximum absolute atomic E-state index is 12.3. The minimum atomic E-state index is -3.07. The fraction of sp³-hybridized carbons (Fsp3) is 0.714. The Labute approximate surface area is 126 Å². The molecule has 0 atom stereocenters. The Balaban J connectivity index is 1.73. The molecule has 0 amide bonds. The monoisotopic (exact) mass is 310 g/mol. The molecule has 0 spiro atoms.